The van der Waals surface area contributed by atoms with Crippen LogP contribution < -0.4 is 5.32 Å². The molecule has 0 amide bonds. The van der Waals surface area contributed by atoms with Gasteiger partial charge < -0.3 is 10.1 Å². The molecule has 0 aliphatic carbocycles. The second-order valence-corrected chi connectivity index (χ2v) is 5.69. The van der Waals surface area contributed by atoms with E-state index >= 15 is 0 Å². The maximum Gasteiger partial charge on any atom is 0.126 e. The van der Waals surface area contributed by atoms with Gasteiger partial charge in [0.15, 0.2) is 0 Å². The molecule has 1 fully saturated rings. The molecular weight excluding hydrogens is 284 g/mol. The van der Waals surface area contributed by atoms with Crippen LogP contribution in [0.2, 0.25) is 0 Å². The van der Waals surface area contributed by atoms with Gasteiger partial charge in [0.1, 0.15) is 11.6 Å². The molecule has 0 bridgehead atoms. The maximum absolute atomic E-state index is 13.6. The fourth-order valence-electron chi connectivity index (χ4n) is 2.75. The Kier molecular flexibility index (Phi) is 4.50. The first-order chi connectivity index (χ1) is 10.6. The van der Waals surface area contributed by atoms with Crippen LogP contribution in [-0.2, 0) is 11.3 Å². The molecule has 22 heavy (non-hydrogen) atoms. The number of ether oxygens (including phenoxy) is 1. The van der Waals surface area contributed by atoms with Gasteiger partial charge >= 0.3 is 0 Å². The normalized spacial score (nSPS) is 17.9. The van der Waals surface area contributed by atoms with Gasteiger partial charge in [0, 0.05) is 6.54 Å². The van der Waals surface area contributed by atoms with E-state index in [2.05, 4.69) is 5.32 Å². The highest BCUT2D eigenvalue weighted by Crippen LogP contribution is 2.27. The van der Waals surface area contributed by atoms with Gasteiger partial charge in [-0.05, 0) is 66.4 Å². The quantitative estimate of drug-likeness (QED) is 0.927. The van der Waals surface area contributed by atoms with Crippen molar-refractivity contribution in [2.75, 3.05) is 13.1 Å². The predicted molar refractivity (Wildman–Crippen MR) is 82.6 cm³/mol. The van der Waals surface area contributed by atoms with Gasteiger partial charge in [0.05, 0.1) is 12.7 Å². The van der Waals surface area contributed by atoms with Crippen LogP contribution in [-0.4, -0.2) is 19.2 Å². The van der Waals surface area contributed by atoms with Gasteiger partial charge in [-0.15, -0.1) is 0 Å². The number of benzene rings is 2. The Balaban J connectivity index is 1.87. The number of hydrogen-bond donors (Lipinski definition) is 1. The summed E-state index contributed by atoms with van der Waals surface area (Å²) in [5.41, 5.74) is 3.13. The first-order valence-corrected chi connectivity index (χ1v) is 7.51. The van der Waals surface area contributed by atoms with Gasteiger partial charge in [-0.3, -0.25) is 0 Å². The first-order valence-electron chi connectivity index (χ1n) is 7.51. The van der Waals surface area contributed by atoms with Crippen molar-refractivity contribution in [3.8, 4) is 11.1 Å². The molecule has 1 saturated heterocycles. The maximum atomic E-state index is 13.6. The molecule has 1 heterocycles. The fourth-order valence-corrected chi connectivity index (χ4v) is 2.75. The zero-order chi connectivity index (χ0) is 15.5. The molecule has 116 valence electrons. The van der Waals surface area contributed by atoms with Crippen LogP contribution in [0.15, 0.2) is 36.4 Å². The Hall–Kier alpha value is -1.78. The van der Waals surface area contributed by atoms with Gasteiger partial charge in [-0.2, -0.15) is 0 Å². The minimum atomic E-state index is -0.286. The monoisotopic (exact) mass is 303 g/mol. The summed E-state index contributed by atoms with van der Waals surface area (Å²) in [6, 6.07) is 9.59. The van der Waals surface area contributed by atoms with E-state index in [1.165, 1.54) is 18.2 Å². The smallest absolute Gasteiger partial charge is 0.126 e. The molecule has 1 atom stereocenters. The zero-order valence-corrected chi connectivity index (χ0v) is 12.5. The third kappa shape index (κ3) is 3.34. The standard InChI is InChI=1S/C18H19F2NO/c1-12-8-13(2-5-18(12)20)17-4-3-15(19)9-14(17)11-22-16-6-7-21-10-16/h2-5,8-9,16,21H,6-7,10-11H2,1H3. The molecule has 2 nitrogen and oxygen atoms in total. The van der Waals surface area contributed by atoms with Crippen LogP contribution in [0.25, 0.3) is 11.1 Å². The molecular formula is C18H19F2NO. The van der Waals surface area contributed by atoms with Crippen LogP contribution in [0.4, 0.5) is 8.78 Å². The van der Waals surface area contributed by atoms with E-state index in [1.54, 1.807) is 25.1 Å². The predicted octanol–water partition coefficient (Wildman–Crippen LogP) is 3.82. The van der Waals surface area contributed by atoms with Crippen molar-refractivity contribution >= 4 is 0 Å². The molecule has 0 aromatic heterocycles. The summed E-state index contributed by atoms with van der Waals surface area (Å²) < 4.78 is 32.9. The lowest BCUT2D eigenvalue weighted by atomic mass is 9.98. The molecule has 1 aliphatic heterocycles. The lowest BCUT2D eigenvalue weighted by Gasteiger charge is -2.14. The number of rotatable bonds is 4. The van der Waals surface area contributed by atoms with E-state index in [-0.39, 0.29) is 17.7 Å². The van der Waals surface area contributed by atoms with Crippen LogP contribution in [0.1, 0.15) is 17.5 Å². The molecule has 4 heteroatoms. The highest BCUT2D eigenvalue weighted by Gasteiger charge is 2.16. The summed E-state index contributed by atoms with van der Waals surface area (Å²) >= 11 is 0. The molecule has 1 N–H and O–H groups in total. The molecule has 0 radical (unpaired) electrons. The van der Waals surface area contributed by atoms with Crippen molar-refractivity contribution in [2.24, 2.45) is 0 Å². The molecule has 3 rings (SSSR count). The highest BCUT2D eigenvalue weighted by atomic mass is 19.1. The summed E-state index contributed by atoms with van der Waals surface area (Å²) in [7, 11) is 0. The second kappa shape index (κ2) is 6.55. The van der Waals surface area contributed by atoms with Crippen LogP contribution in [0.5, 0.6) is 0 Å². The van der Waals surface area contributed by atoms with Crippen molar-refractivity contribution in [3.05, 3.63) is 59.2 Å². The molecule has 2 aromatic carbocycles. The summed E-state index contributed by atoms with van der Waals surface area (Å²) in [6.45, 7) is 3.87. The zero-order valence-electron chi connectivity index (χ0n) is 12.5. The van der Waals surface area contributed by atoms with Crippen LogP contribution in [0, 0.1) is 18.6 Å². The lowest BCUT2D eigenvalue weighted by molar-refractivity contribution is 0.0543. The van der Waals surface area contributed by atoms with E-state index < -0.39 is 0 Å². The van der Waals surface area contributed by atoms with Crippen molar-refractivity contribution in [1.82, 2.24) is 5.32 Å². The number of halogens is 2. The summed E-state index contributed by atoms with van der Waals surface area (Å²) in [5, 5.41) is 3.24. The Bertz CT molecular complexity index is 666. The van der Waals surface area contributed by atoms with E-state index in [0.29, 0.717) is 12.2 Å². The van der Waals surface area contributed by atoms with Gasteiger partial charge in [0.25, 0.3) is 0 Å². The number of hydrogen-bond acceptors (Lipinski definition) is 2. The van der Waals surface area contributed by atoms with Crippen molar-refractivity contribution in [2.45, 2.75) is 26.1 Å². The summed E-state index contributed by atoms with van der Waals surface area (Å²) in [5.74, 6) is -0.522. The van der Waals surface area contributed by atoms with E-state index in [9.17, 15) is 8.78 Å². The van der Waals surface area contributed by atoms with Crippen LogP contribution in [0.3, 0.4) is 0 Å². The Labute approximate surface area is 129 Å². The second-order valence-electron chi connectivity index (χ2n) is 5.69. The third-order valence-corrected chi connectivity index (χ3v) is 4.03. The Morgan fingerprint density at radius 2 is 2.05 bits per heavy atom. The topological polar surface area (TPSA) is 21.3 Å². The van der Waals surface area contributed by atoms with Gasteiger partial charge in [-0.25, -0.2) is 8.78 Å². The largest absolute Gasteiger partial charge is 0.372 e. The Morgan fingerprint density at radius 1 is 1.18 bits per heavy atom. The van der Waals surface area contributed by atoms with Gasteiger partial charge in [0.2, 0.25) is 0 Å². The molecule has 0 spiro atoms. The van der Waals surface area contributed by atoms with Crippen LogP contribution >= 0.6 is 0 Å². The minimum absolute atomic E-state index is 0.172. The molecule has 1 aliphatic rings. The average Bonchev–Trinajstić information content (AvgIpc) is 3.02. The number of aryl methyl sites for hydroxylation is 1. The Morgan fingerprint density at radius 3 is 2.77 bits per heavy atom. The van der Waals surface area contributed by atoms with E-state index in [0.717, 1.165) is 36.2 Å². The van der Waals surface area contributed by atoms with E-state index in [4.69, 9.17) is 4.74 Å². The average molecular weight is 303 g/mol. The minimum Gasteiger partial charge on any atom is -0.372 e. The molecule has 2 aromatic rings. The first kappa shape index (κ1) is 15.1. The van der Waals surface area contributed by atoms with Crippen molar-refractivity contribution < 1.29 is 13.5 Å². The van der Waals surface area contributed by atoms with E-state index in [1.807, 2.05) is 0 Å². The van der Waals surface area contributed by atoms with Crippen molar-refractivity contribution in [3.63, 3.8) is 0 Å². The van der Waals surface area contributed by atoms with Crippen molar-refractivity contribution in [1.29, 1.82) is 0 Å². The SMILES string of the molecule is Cc1cc(-c2ccc(F)cc2COC2CCNC2)ccc1F. The number of nitrogens with one attached hydrogen (secondary N) is 1. The summed E-state index contributed by atoms with van der Waals surface area (Å²) in [4.78, 5) is 0. The molecule has 1 unspecified atom stereocenters. The highest BCUT2D eigenvalue weighted by molar-refractivity contribution is 5.68. The molecule has 0 saturated carbocycles. The fraction of sp³-hybridized carbons (Fsp3) is 0.333. The van der Waals surface area contributed by atoms with Gasteiger partial charge in [-0.1, -0.05) is 12.1 Å². The summed E-state index contributed by atoms with van der Waals surface area (Å²) in [6.07, 6.45) is 1.14. The third-order valence-electron chi connectivity index (χ3n) is 4.03. The lowest BCUT2D eigenvalue weighted by Crippen LogP contribution is -2.16.